The molecule has 0 bridgehead atoms. The number of hydrogen-bond donors (Lipinski definition) is 0. The minimum Gasteiger partial charge on any atom is -0.253 e. The first-order valence-electron chi connectivity index (χ1n) is 15.9. The van der Waals surface area contributed by atoms with Crippen molar-refractivity contribution >= 4 is 32.3 Å². The molecule has 0 atom stereocenters. The summed E-state index contributed by atoms with van der Waals surface area (Å²) >= 11 is 0. The Morgan fingerprint density at radius 2 is 0.750 bits per heavy atom. The van der Waals surface area contributed by atoms with Crippen molar-refractivity contribution in [2.45, 2.75) is 0 Å². The highest BCUT2D eigenvalue weighted by molar-refractivity contribution is 6.21. The van der Waals surface area contributed by atoms with Gasteiger partial charge in [-0.05, 0) is 84.9 Å². The molecule has 0 aliphatic rings. The third-order valence-electron chi connectivity index (χ3n) is 8.82. The largest absolute Gasteiger partial charge is 0.253 e. The number of benzene rings is 6. The molecule has 0 saturated heterocycles. The van der Waals surface area contributed by atoms with E-state index in [1.807, 2.05) is 36.4 Å². The molecule has 224 valence electrons. The van der Waals surface area contributed by atoms with E-state index in [2.05, 4.69) is 125 Å². The number of aromatic nitrogens is 5. The van der Waals surface area contributed by atoms with Gasteiger partial charge in [-0.25, -0.2) is 15.0 Å². The molecular weight excluding hydrogens is 587 g/mol. The Morgan fingerprint density at radius 1 is 0.312 bits per heavy atom. The summed E-state index contributed by atoms with van der Waals surface area (Å²) < 4.78 is 0. The number of hydrogen-bond acceptors (Lipinski definition) is 5. The van der Waals surface area contributed by atoms with E-state index in [1.165, 1.54) is 49.0 Å². The van der Waals surface area contributed by atoms with Crippen LogP contribution in [-0.4, -0.2) is 24.9 Å². The lowest BCUT2D eigenvalue weighted by Crippen LogP contribution is -2.01. The summed E-state index contributed by atoms with van der Waals surface area (Å²) in [7, 11) is 0. The first-order chi connectivity index (χ1) is 23.8. The molecule has 3 heterocycles. The third-order valence-corrected chi connectivity index (χ3v) is 8.82. The molecule has 9 aromatic rings. The van der Waals surface area contributed by atoms with Crippen LogP contribution in [0.5, 0.6) is 0 Å². The van der Waals surface area contributed by atoms with Gasteiger partial charge in [0.25, 0.3) is 0 Å². The predicted molar refractivity (Wildman–Crippen MR) is 195 cm³/mol. The Kier molecular flexibility index (Phi) is 6.72. The summed E-state index contributed by atoms with van der Waals surface area (Å²) in [6, 6.07) is 52.8. The molecule has 0 aliphatic carbocycles. The van der Waals surface area contributed by atoms with Gasteiger partial charge < -0.3 is 0 Å². The molecule has 6 aromatic carbocycles. The van der Waals surface area contributed by atoms with E-state index in [0.717, 1.165) is 11.1 Å². The molecule has 0 fully saturated rings. The molecule has 0 radical (unpaired) electrons. The Labute approximate surface area is 277 Å². The van der Waals surface area contributed by atoms with Crippen LogP contribution < -0.4 is 0 Å². The quantitative estimate of drug-likeness (QED) is 0.181. The van der Waals surface area contributed by atoms with Crippen molar-refractivity contribution in [3.8, 4) is 56.7 Å². The molecule has 48 heavy (non-hydrogen) atoms. The second-order valence-corrected chi connectivity index (χ2v) is 11.7. The molecule has 5 nitrogen and oxygen atoms in total. The fourth-order valence-corrected chi connectivity index (χ4v) is 6.61. The van der Waals surface area contributed by atoms with Crippen LogP contribution in [0.15, 0.2) is 164 Å². The molecule has 0 N–H and O–H groups in total. The van der Waals surface area contributed by atoms with Crippen molar-refractivity contribution in [1.82, 2.24) is 24.9 Å². The van der Waals surface area contributed by atoms with Crippen LogP contribution in [-0.2, 0) is 0 Å². The van der Waals surface area contributed by atoms with E-state index in [9.17, 15) is 0 Å². The normalized spacial score (nSPS) is 11.3. The zero-order chi connectivity index (χ0) is 31.9. The molecule has 3 aromatic heterocycles. The Balaban J connectivity index is 1.21. The molecule has 0 saturated carbocycles. The summed E-state index contributed by atoms with van der Waals surface area (Å²) in [6.45, 7) is 0. The van der Waals surface area contributed by atoms with Crippen LogP contribution in [0.3, 0.4) is 0 Å². The fraction of sp³-hybridized carbons (Fsp3) is 0. The smallest absolute Gasteiger partial charge is 0.182 e. The second kappa shape index (κ2) is 11.6. The standard InChI is InChI=1S/C43H27N5/c1-2-12-31-27-32(24-19-28(31)11-1)40-35-15-5-3-13-33(35)39(34-14-4-6-16-36(34)40)29-20-22-30(23-21-29)41-46-42(37-17-7-9-25-44-37)48-43(47-41)38-18-8-10-26-45-38/h1-27H. The molecular formula is C43H27N5. The maximum atomic E-state index is 4.86. The predicted octanol–water partition coefficient (Wildman–Crippen LogP) is 10.5. The van der Waals surface area contributed by atoms with Crippen LogP contribution in [0.25, 0.3) is 89.0 Å². The lowest BCUT2D eigenvalue weighted by atomic mass is 9.85. The maximum Gasteiger partial charge on any atom is 0.182 e. The second-order valence-electron chi connectivity index (χ2n) is 11.7. The molecule has 0 amide bonds. The van der Waals surface area contributed by atoms with Gasteiger partial charge in [0.2, 0.25) is 0 Å². The molecule has 0 unspecified atom stereocenters. The van der Waals surface area contributed by atoms with Crippen LogP contribution >= 0.6 is 0 Å². The Hall–Kier alpha value is -6.59. The summed E-state index contributed by atoms with van der Waals surface area (Å²) in [5, 5.41) is 7.35. The monoisotopic (exact) mass is 613 g/mol. The van der Waals surface area contributed by atoms with E-state index < -0.39 is 0 Å². The van der Waals surface area contributed by atoms with E-state index >= 15 is 0 Å². The van der Waals surface area contributed by atoms with Crippen LogP contribution in [0.4, 0.5) is 0 Å². The van der Waals surface area contributed by atoms with Crippen molar-refractivity contribution in [1.29, 1.82) is 0 Å². The van der Waals surface area contributed by atoms with Gasteiger partial charge in [-0.3, -0.25) is 9.97 Å². The van der Waals surface area contributed by atoms with Crippen LogP contribution in [0.1, 0.15) is 0 Å². The van der Waals surface area contributed by atoms with Crippen molar-refractivity contribution in [2.75, 3.05) is 0 Å². The minimum atomic E-state index is 0.506. The summed E-state index contributed by atoms with van der Waals surface area (Å²) in [5.74, 6) is 1.58. The molecule has 9 rings (SSSR count). The highest BCUT2D eigenvalue weighted by Gasteiger charge is 2.18. The van der Waals surface area contributed by atoms with Crippen molar-refractivity contribution < 1.29 is 0 Å². The number of pyridine rings is 2. The third kappa shape index (κ3) is 4.86. The number of fused-ring (bicyclic) bond motifs is 3. The topological polar surface area (TPSA) is 64.5 Å². The fourth-order valence-electron chi connectivity index (χ4n) is 6.61. The van der Waals surface area contributed by atoms with E-state index in [4.69, 9.17) is 15.0 Å². The van der Waals surface area contributed by atoms with Gasteiger partial charge in [-0.1, -0.05) is 121 Å². The first-order valence-corrected chi connectivity index (χ1v) is 15.9. The lowest BCUT2D eigenvalue weighted by Gasteiger charge is -2.18. The van der Waals surface area contributed by atoms with Gasteiger partial charge in [0.1, 0.15) is 11.4 Å². The highest BCUT2D eigenvalue weighted by atomic mass is 15.1. The lowest BCUT2D eigenvalue weighted by molar-refractivity contribution is 1.05. The van der Waals surface area contributed by atoms with Crippen molar-refractivity contribution in [3.05, 3.63) is 164 Å². The molecule has 5 heteroatoms. The molecule has 0 spiro atoms. The van der Waals surface area contributed by atoms with Gasteiger partial charge in [-0.2, -0.15) is 0 Å². The van der Waals surface area contributed by atoms with Crippen LogP contribution in [0, 0.1) is 0 Å². The minimum absolute atomic E-state index is 0.506. The van der Waals surface area contributed by atoms with Gasteiger partial charge in [-0.15, -0.1) is 0 Å². The summed E-state index contributed by atoms with van der Waals surface area (Å²) in [5.41, 5.74) is 7.04. The van der Waals surface area contributed by atoms with Gasteiger partial charge in [0, 0.05) is 18.0 Å². The summed E-state index contributed by atoms with van der Waals surface area (Å²) in [4.78, 5) is 23.4. The number of nitrogens with zero attached hydrogens (tertiary/aromatic N) is 5. The van der Waals surface area contributed by atoms with Crippen molar-refractivity contribution in [3.63, 3.8) is 0 Å². The van der Waals surface area contributed by atoms with Crippen molar-refractivity contribution in [2.24, 2.45) is 0 Å². The summed E-state index contributed by atoms with van der Waals surface area (Å²) in [6.07, 6.45) is 3.49. The average Bonchev–Trinajstić information content (AvgIpc) is 3.17. The van der Waals surface area contributed by atoms with E-state index in [-0.39, 0.29) is 0 Å². The zero-order valence-electron chi connectivity index (χ0n) is 25.8. The number of rotatable bonds is 5. The molecule has 0 aliphatic heterocycles. The average molecular weight is 614 g/mol. The van der Waals surface area contributed by atoms with E-state index in [0.29, 0.717) is 28.9 Å². The van der Waals surface area contributed by atoms with Crippen LogP contribution in [0.2, 0.25) is 0 Å². The highest BCUT2D eigenvalue weighted by Crippen LogP contribution is 2.44. The van der Waals surface area contributed by atoms with Gasteiger partial charge in [0.05, 0.1) is 0 Å². The van der Waals surface area contributed by atoms with Gasteiger partial charge >= 0.3 is 0 Å². The Morgan fingerprint density at radius 3 is 1.29 bits per heavy atom. The Bertz CT molecular complexity index is 2490. The SMILES string of the molecule is c1ccc(-c2nc(-c3ccc(-c4c5ccccc5c(-c5ccc6ccccc6c5)c5ccccc45)cc3)nc(-c3ccccn3)n2)nc1. The first kappa shape index (κ1) is 27.7. The van der Waals surface area contributed by atoms with Gasteiger partial charge in [0.15, 0.2) is 17.5 Å². The van der Waals surface area contributed by atoms with E-state index in [1.54, 1.807) is 12.4 Å². The maximum absolute atomic E-state index is 4.86. The zero-order valence-corrected chi connectivity index (χ0v) is 25.8.